The zero-order valence-corrected chi connectivity index (χ0v) is 10.9. The zero-order chi connectivity index (χ0) is 13.8. The molecule has 2 aromatic heterocycles. The summed E-state index contributed by atoms with van der Waals surface area (Å²) >= 11 is 0. The van der Waals surface area contributed by atoms with Gasteiger partial charge in [-0.2, -0.15) is 19.0 Å². The van der Waals surface area contributed by atoms with E-state index >= 15 is 0 Å². The van der Waals surface area contributed by atoms with Gasteiger partial charge in [0.1, 0.15) is 5.82 Å². The molecule has 1 N–H and O–H groups in total. The molecule has 0 amide bonds. The van der Waals surface area contributed by atoms with Gasteiger partial charge in [0.15, 0.2) is 0 Å². The van der Waals surface area contributed by atoms with Crippen LogP contribution in [0.1, 0.15) is 26.0 Å². The van der Waals surface area contributed by atoms with Crippen molar-refractivity contribution in [1.82, 2.24) is 19.6 Å². The third-order valence-corrected chi connectivity index (χ3v) is 2.52. The van der Waals surface area contributed by atoms with E-state index in [4.69, 9.17) is 0 Å². The van der Waals surface area contributed by atoms with E-state index in [1.165, 1.54) is 12.3 Å². The first kappa shape index (κ1) is 13.5. The largest absolute Gasteiger partial charge is 0.364 e. The summed E-state index contributed by atoms with van der Waals surface area (Å²) in [5.41, 5.74) is 0.993. The summed E-state index contributed by atoms with van der Waals surface area (Å²) in [6.07, 6.45) is 4.95. The molecule has 104 valence electrons. The van der Waals surface area contributed by atoms with Gasteiger partial charge in [0.25, 0.3) is 0 Å². The van der Waals surface area contributed by atoms with E-state index in [1.54, 1.807) is 6.20 Å². The van der Waals surface area contributed by atoms with Crippen LogP contribution in [0.4, 0.5) is 14.6 Å². The summed E-state index contributed by atoms with van der Waals surface area (Å²) in [7, 11) is 0. The maximum atomic E-state index is 12.3. The molecule has 0 fully saturated rings. The Balaban J connectivity index is 1.89. The molecule has 0 aliphatic rings. The highest BCUT2D eigenvalue weighted by Crippen LogP contribution is 2.12. The number of halogens is 2. The number of anilines is 1. The Morgan fingerprint density at radius 3 is 2.79 bits per heavy atom. The van der Waals surface area contributed by atoms with Gasteiger partial charge in [0.2, 0.25) is 0 Å². The number of rotatable bonds is 6. The molecule has 7 heteroatoms. The molecule has 0 bridgehead atoms. The lowest BCUT2D eigenvalue weighted by Gasteiger charge is -2.03. The number of alkyl halides is 2. The maximum absolute atomic E-state index is 12.3. The number of nitrogens with zero attached hydrogens (tertiary/aromatic N) is 4. The number of nitrogens with one attached hydrogen (secondary N) is 1. The zero-order valence-electron chi connectivity index (χ0n) is 10.9. The van der Waals surface area contributed by atoms with E-state index in [-0.39, 0.29) is 0 Å². The van der Waals surface area contributed by atoms with Crippen molar-refractivity contribution in [3.63, 3.8) is 0 Å². The minimum Gasteiger partial charge on any atom is -0.364 e. The van der Waals surface area contributed by atoms with Crippen molar-refractivity contribution < 1.29 is 8.78 Å². The third-order valence-electron chi connectivity index (χ3n) is 2.52. The van der Waals surface area contributed by atoms with Gasteiger partial charge in [-0.15, -0.1) is 0 Å². The van der Waals surface area contributed by atoms with Crippen LogP contribution in [0.15, 0.2) is 24.7 Å². The molecule has 2 aromatic rings. The monoisotopic (exact) mass is 269 g/mol. The Hall–Kier alpha value is -1.92. The quantitative estimate of drug-likeness (QED) is 0.877. The van der Waals surface area contributed by atoms with E-state index in [9.17, 15) is 8.78 Å². The van der Waals surface area contributed by atoms with Crippen molar-refractivity contribution in [2.75, 3.05) is 5.32 Å². The van der Waals surface area contributed by atoms with Crippen molar-refractivity contribution >= 4 is 5.82 Å². The Morgan fingerprint density at radius 2 is 2.16 bits per heavy atom. The van der Waals surface area contributed by atoms with E-state index in [0.717, 1.165) is 12.1 Å². The van der Waals surface area contributed by atoms with Gasteiger partial charge in [-0.25, -0.2) is 4.68 Å². The van der Waals surface area contributed by atoms with Crippen LogP contribution in [-0.2, 0) is 13.1 Å². The molecule has 0 saturated carbocycles. The number of hydrogen-bond acceptors (Lipinski definition) is 3. The van der Waals surface area contributed by atoms with Gasteiger partial charge in [0.05, 0.1) is 6.20 Å². The molecule has 0 radical (unpaired) electrons. The fourth-order valence-electron chi connectivity index (χ4n) is 1.71. The van der Waals surface area contributed by atoms with Gasteiger partial charge in [-0.1, -0.05) is 13.8 Å². The summed E-state index contributed by atoms with van der Waals surface area (Å²) in [5.74, 6) is 0.958. The van der Waals surface area contributed by atoms with Crippen molar-refractivity contribution in [1.29, 1.82) is 0 Å². The highest BCUT2D eigenvalue weighted by Gasteiger charge is 2.07. The SMILES string of the molecule is CC(C)Cn1cc(CNc2ccn(C(F)F)n2)cn1. The summed E-state index contributed by atoms with van der Waals surface area (Å²) in [4.78, 5) is 0. The molecule has 0 aliphatic heterocycles. The van der Waals surface area contributed by atoms with Crippen molar-refractivity contribution in [3.05, 3.63) is 30.2 Å². The number of hydrogen-bond donors (Lipinski definition) is 1. The molecular weight excluding hydrogens is 252 g/mol. The molecule has 2 rings (SSSR count). The Kier molecular flexibility index (Phi) is 4.13. The van der Waals surface area contributed by atoms with Crippen molar-refractivity contribution in [2.45, 2.75) is 33.5 Å². The van der Waals surface area contributed by atoms with Crippen LogP contribution in [0.3, 0.4) is 0 Å². The standard InChI is InChI=1S/C12H17F2N5/c1-9(2)7-18-8-10(6-16-18)5-15-11-3-4-19(17-11)12(13)14/h3-4,6,8-9,12H,5,7H2,1-2H3,(H,15,17). The molecular formula is C12H17F2N5. The topological polar surface area (TPSA) is 47.7 Å². The first-order chi connectivity index (χ1) is 9.04. The van der Waals surface area contributed by atoms with E-state index in [2.05, 4.69) is 29.4 Å². The van der Waals surface area contributed by atoms with Crippen LogP contribution in [0.25, 0.3) is 0 Å². The smallest absolute Gasteiger partial charge is 0.333 e. The van der Waals surface area contributed by atoms with Crippen LogP contribution < -0.4 is 5.32 Å². The second kappa shape index (κ2) is 5.81. The molecule has 0 saturated heterocycles. The molecule has 19 heavy (non-hydrogen) atoms. The van der Waals surface area contributed by atoms with E-state index in [1.807, 2.05) is 10.9 Å². The van der Waals surface area contributed by atoms with E-state index in [0.29, 0.717) is 23.0 Å². The minimum atomic E-state index is -2.61. The Labute approximate surface area is 110 Å². The first-order valence-corrected chi connectivity index (χ1v) is 6.13. The average molecular weight is 269 g/mol. The molecule has 0 spiro atoms. The maximum Gasteiger partial charge on any atom is 0.333 e. The predicted molar refractivity (Wildman–Crippen MR) is 67.9 cm³/mol. The Morgan fingerprint density at radius 1 is 1.37 bits per heavy atom. The average Bonchev–Trinajstić information content (AvgIpc) is 2.94. The first-order valence-electron chi connectivity index (χ1n) is 6.13. The third kappa shape index (κ3) is 3.77. The molecule has 0 aromatic carbocycles. The van der Waals surface area contributed by atoms with Gasteiger partial charge < -0.3 is 5.32 Å². The number of aromatic nitrogens is 4. The summed E-state index contributed by atoms with van der Waals surface area (Å²) in [5, 5.41) is 10.9. The summed E-state index contributed by atoms with van der Waals surface area (Å²) < 4.78 is 27.1. The van der Waals surface area contributed by atoms with Crippen LogP contribution >= 0.6 is 0 Å². The lowest BCUT2D eigenvalue weighted by atomic mass is 10.2. The molecule has 5 nitrogen and oxygen atoms in total. The second-order valence-corrected chi connectivity index (χ2v) is 4.78. The van der Waals surface area contributed by atoms with Crippen molar-refractivity contribution in [3.8, 4) is 0 Å². The lowest BCUT2D eigenvalue weighted by molar-refractivity contribution is 0.0569. The van der Waals surface area contributed by atoms with Crippen LogP contribution in [-0.4, -0.2) is 19.6 Å². The fraction of sp³-hybridized carbons (Fsp3) is 0.500. The highest BCUT2D eigenvalue weighted by molar-refractivity contribution is 5.33. The van der Waals surface area contributed by atoms with Gasteiger partial charge in [-0.3, -0.25) is 4.68 Å². The van der Waals surface area contributed by atoms with Crippen molar-refractivity contribution in [2.24, 2.45) is 5.92 Å². The van der Waals surface area contributed by atoms with Crippen LogP contribution in [0.5, 0.6) is 0 Å². The highest BCUT2D eigenvalue weighted by atomic mass is 19.3. The van der Waals surface area contributed by atoms with Gasteiger partial charge >= 0.3 is 6.55 Å². The fourth-order valence-corrected chi connectivity index (χ4v) is 1.71. The molecule has 0 unspecified atom stereocenters. The normalized spacial score (nSPS) is 11.5. The summed E-state index contributed by atoms with van der Waals surface area (Å²) in [6, 6.07) is 1.52. The molecule has 2 heterocycles. The van der Waals surface area contributed by atoms with E-state index < -0.39 is 6.55 Å². The van der Waals surface area contributed by atoms with Gasteiger partial charge in [-0.05, 0) is 5.92 Å². The van der Waals surface area contributed by atoms with Gasteiger partial charge in [0, 0.05) is 37.1 Å². The molecule has 0 atom stereocenters. The molecule has 0 aliphatic carbocycles. The van der Waals surface area contributed by atoms with Crippen LogP contribution in [0.2, 0.25) is 0 Å². The minimum absolute atomic E-state index is 0.428. The summed E-state index contributed by atoms with van der Waals surface area (Å²) in [6.45, 7) is 3.01. The lowest BCUT2D eigenvalue weighted by Crippen LogP contribution is -2.05. The van der Waals surface area contributed by atoms with Crippen LogP contribution in [0, 0.1) is 5.92 Å². The second-order valence-electron chi connectivity index (χ2n) is 4.78. The Bertz CT molecular complexity index is 518. The predicted octanol–water partition coefficient (Wildman–Crippen LogP) is 2.74.